The lowest BCUT2D eigenvalue weighted by Crippen LogP contribution is -2.22. The van der Waals surface area contributed by atoms with Crippen LogP contribution in [0.4, 0.5) is 34.3 Å². The minimum Gasteiger partial charge on any atom is -0.351 e. The van der Waals surface area contributed by atoms with Crippen molar-refractivity contribution in [3.63, 3.8) is 0 Å². The van der Waals surface area contributed by atoms with Gasteiger partial charge in [-0.15, -0.1) is 0 Å². The molecule has 0 atom stereocenters. The molecule has 5 rings (SSSR count). The molecule has 34 heavy (non-hydrogen) atoms. The van der Waals surface area contributed by atoms with Gasteiger partial charge in [-0.2, -0.15) is 32.8 Å². The highest BCUT2D eigenvalue weighted by atomic mass is 19.4. The van der Waals surface area contributed by atoms with Crippen LogP contribution in [-0.2, 0) is 17.5 Å². The molecule has 2 aromatic heterocycles. The van der Waals surface area contributed by atoms with E-state index in [9.17, 15) is 27.2 Å². The number of nitrogens with one attached hydrogen (secondary N) is 4. The van der Waals surface area contributed by atoms with Crippen LogP contribution in [0.15, 0.2) is 30.1 Å². The standard InChI is InChI=1S/C20H16F4N8O2/c21-14-9(2-1-3-12(14)20(22,23)24)7-25-17-29-15-10(6-13-16(33)30-19(34)28-13)8-26-32(15)18(31-17)27-11-4-5-11/h1-3,6,8,11H,4-5,7H2,(H2,25,27,29,31)(H2,28,30,33,34)/b13-6-. The predicted molar refractivity (Wildman–Crippen MR) is 111 cm³/mol. The fourth-order valence-corrected chi connectivity index (χ4v) is 3.33. The second-order valence-corrected chi connectivity index (χ2v) is 7.72. The number of hydrogen-bond acceptors (Lipinski definition) is 7. The fraction of sp³-hybridized carbons (Fsp3) is 0.250. The lowest BCUT2D eigenvalue weighted by molar-refractivity contribution is -0.140. The Bertz CT molecular complexity index is 1350. The smallest absolute Gasteiger partial charge is 0.351 e. The Morgan fingerprint density at radius 2 is 1.97 bits per heavy atom. The van der Waals surface area contributed by atoms with Gasteiger partial charge in [-0.05, 0) is 25.0 Å². The summed E-state index contributed by atoms with van der Waals surface area (Å²) in [5.74, 6) is -1.68. The molecule has 1 saturated heterocycles. The van der Waals surface area contributed by atoms with E-state index in [0.717, 1.165) is 18.9 Å². The van der Waals surface area contributed by atoms with Crippen molar-refractivity contribution in [2.45, 2.75) is 31.6 Å². The summed E-state index contributed by atoms with van der Waals surface area (Å²) in [5, 5.41) is 14.6. The Kier molecular flexibility index (Phi) is 5.06. The summed E-state index contributed by atoms with van der Waals surface area (Å²) in [6.07, 6.45) is -0.170. The van der Waals surface area contributed by atoms with Crippen molar-refractivity contribution in [3.05, 3.63) is 52.6 Å². The van der Waals surface area contributed by atoms with E-state index >= 15 is 0 Å². The summed E-state index contributed by atoms with van der Waals surface area (Å²) < 4.78 is 54.8. The van der Waals surface area contributed by atoms with Crippen molar-refractivity contribution in [2.75, 3.05) is 10.6 Å². The van der Waals surface area contributed by atoms with Crippen LogP contribution in [-0.4, -0.2) is 37.6 Å². The summed E-state index contributed by atoms with van der Waals surface area (Å²) >= 11 is 0. The summed E-state index contributed by atoms with van der Waals surface area (Å²) in [7, 11) is 0. The third kappa shape index (κ3) is 4.21. The van der Waals surface area contributed by atoms with Gasteiger partial charge >= 0.3 is 12.2 Å². The maximum Gasteiger partial charge on any atom is 0.419 e. The first-order valence-electron chi connectivity index (χ1n) is 10.1. The molecule has 4 N–H and O–H groups in total. The Labute approximate surface area is 188 Å². The minimum absolute atomic E-state index is 0.00393. The van der Waals surface area contributed by atoms with Crippen LogP contribution in [0.3, 0.4) is 0 Å². The molecule has 14 heteroatoms. The van der Waals surface area contributed by atoms with Gasteiger partial charge in [0.1, 0.15) is 11.5 Å². The number of rotatable bonds is 6. The fourth-order valence-electron chi connectivity index (χ4n) is 3.33. The lowest BCUT2D eigenvalue weighted by atomic mass is 10.1. The number of urea groups is 1. The molecule has 2 fully saturated rings. The SMILES string of the molecule is O=C1NC(=O)/C(=C/c2cnn3c(NC4CC4)nc(NCc4cccc(C(F)(F)F)c4F)nc23)N1. The molecule has 1 aliphatic carbocycles. The van der Waals surface area contributed by atoms with Crippen LogP contribution >= 0.6 is 0 Å². The third-order valence-corrected chi connectivity index (χ3v) is 5.15. The van der Waals surface area contributed by atoms with Crippen LogP contribution in [0.2, 0.25) is 0 Å². The first kappa shape index (κ1) is 21.6. The monoisotopic (exact) mass is 476 g/mol. The zero-order valence-corrected chi connectivity index (χ0v) is 17.2. The number of amides is 3. The summed E-state index contributed by atoms with van der Waals surface area (Å²) in [5.41, 5.74) is -0.943. The number of imide groups is 1. The lowest BCUT2D eigenvalue weighted by Gasteiger charge is -2.13. The minimum atomic E-state index is -4.82. The molecule has 2 aliphatic rings. The highest BCUT2D eigenvalue weighted by Crippen LogP contribution is 2.32. The van der Waals surface area contributed by atoms with Crippen LogP contribution in [0.25, 0.3) is 11.7 Å². The van der Waals surface area contributed by atoms with Crippen LogP contribution in [0, 0.1) is 5.82 Å². The Morgan fingerprint density at radius 3 is 2.65 bits per heavy atom. The molecule has 0 radical (unpaired) electrons. The van der Waals surface area contributed by atoms with Crippen molar-refractivity contribution in [2.24, 2.45) is 0 Å². The average Bonchev–Trinajstić information content (AvgIpc) is 3.40. The molecule has 3 heterocycles. The highest BCUT2D eigenvalue weighted by molar-refractivity contribution is 6.14. The first-order valence-corrected chi connectivity index (χ1v) is 10.1. The van der Waals surface area contributed by atoms with Crippen molar-refractivity contribution in [1.29, 1.82) is 0 Å². The summed E-state index contributed by atoms with van der Waals surface area (Å²) in [6.45, 7) is -0.308. The van der Waals surface area contributed by atoms with Gasteiger partial charge < -0.3 is 16.0 Å². The molecule has 0 bridgehead atoms. The molecule has 0 unspecified atom stereocenters. The number of anilines is 2. The first-order chi connectivity index (χ1) is 16.2. The largest absolute Gasteiger partial charge is 0.419 e. The third-order valence-electron chi connectivity index (χ3n) is 5.15. The van der Waals surface area contributed by atoms with Gasteiger partial charge in [-0.3, -0.25) is 10.1 Å². The molecule has 10 nitrogen and oxygen atoms in total. The van der Waals surface area contributed by atoms with E-state index in [0.29, 0.717) is 17.6 Å². The highest BCUT2D eigenvalue weighted by Gasteiger charge is 2.34. The number of hydrogen-bond donors (Lipinski definition) is 4. The van der Waals surface area contributed by atoms with Gasteiger partial charge in [0.25, 0.3) is 5.91 Å². The van der Waals surface area contributed by atoms with Crippen molar-refractivity contribution < 1.29 is 27.2 Å². The molecule has 1 saturated carbocycles. The number of carbonyl (C=O) groups excluding carboxylic acids is 2. The van der Waals surface area contributed by atoms with E-state index in [-0.39, 0.29) is 35.4 Å². The van der Waals surface area contributed by atoms with Gasteiger partial charge in [0.2, 0.25) is 11.9 Å². The number of carbonyl (C=O) groups is 2. The Hall–Kier alpha value is -4.23. The second-order valence-electron chi connectivity index (χ2n) is 7.72. The summed E-state index contributed by atoms with van der Waals surface area (Å²) in [4.78, 5) is 31.9. The molecule has 3 aromatic rings. The van der Waals surface area contributed by atoms with E-state index in [4.69, 9.17) is 0 Å². The topological polar surface area (TPSA) is 125 Å². The zero-order chi connectivity index (χ0) is 24.0. The normalized spacial score (nSPS) is 17.2. The van der Waals surface area contributed by atoms with Crippen LogP contribution in [0.5, 0.6) is 0 Å². The van der Waals surface area contributed by atoms with Gasteiger partial charge in [0, 0.05) is 23.7 Å². The Balaban J connectivity index is 1.48. The number of alkyl halides is 3. The Morgan fingerprint density at radius 1 is 1.18 bits per heavy atom. The van der Waals surface area contributed by atoms with E-state index in [1.807, 2.05) is 0 Å². The molecule has 3 amide bonds. The molecular formula is C20H16F4N8O2. The number of nitrogens with zero attached hydrogens (tertiary/aromatic N) is 4. The van der Waals surface area contributed by atoms with E-state index in [1.165, 1.54) is 22.9 Å². The second kappa shape index (κ2) is 7.97. The van der Waals surface area contributed by atoms with E-state index in [1.54, 1.807) is 0 Å². The maximum absolute atomic E-state index is 14.4. The summed E-state index contributed by atoms with van der Waals surface area (Å²) in [6, 6.07) is 2.54. The molecular weight excluding hydrogens is 460 g/mol. The number of fused-ring (bicyclic) bond motifs is 1. The maximum atomic E-state index is 14.4. The van der Waals surface area contributed by atoms with Gasteiger partial charge in [-0.25, -0.2) is 9.18 Å². The molecule has 176 valence electrons. The van der Waals surface area contributed by atoms with E-state index in [2.05, 4.69) is 36.3 Å². The molecule has 1 aromatic carbocycles. The number of benzene rings is 1. The van der Waals surface area contributed by atoms with Gasteiger partial charge in [0.15, 0.2) is 5.65 Å². The zero-order valence-electron chi connectivity index (χ0n) is 17.2. The van der Waals surface area contributed by atoms with Gasteiger partial charge in [0.05, 0.1) is 11.8 Å². The van der Waals surface area contributed by atoms with Crippen molar-refractivity contribution in [3.8, 4) is 0 Å². The number of halogens is 4. The number of aromatic nitrogens is 4. The molecule has 0 spiro atoms. The molecule has 1 aliphatic heterocycles. The average molecular weight is 476 g/mol. The quantitative estimate of drug-likeness (QED) is 0.245. The predicted octanol–water partition coefficient (Wildman–Crippen LogP) is 2.65. The van der Waals surface area contributed by atoms with Crippen molar-refractivity contribution in [1.82, 2.24) is 30.2 Å². The van der Waals surface area contributed by atoms with Crippen LogP contribution < -0.4 is 21.3 Å². The van der Waals surface area contributed by atoms with E-state index < -0.39 is 29.5 Å². The van der Waals surface area contributed by atoms with Gasteiger partial charge in [-0.1, -0.05) is 12.1 Å². The van der Waals surface area contributed by atoms with Crippen LogP contribution in [0.1, 0.15) is 29.5 Å². The van der Waals surface area contributed by atoms with Crippen molar-refractivity contribution >= 4 is 35.6 Å².